The maximum atomic E-state index is 10.9. The molecule has 2 aromatic rings. The first-order valence-corrected chi connectivity index (χ1v) is 6.07. The van der Waals surface area contributed by atoms with Crippen molar-refractivity contribution in [2.45, 2.75) is 13.5 Å². The Bertz CT molecular complexity index is 582. The lowest BCUT2D eigenvalue weighted by molar-refractivity contribution is -0.383. The van der Waals surface area contributed by atoms with Crippen molar-refractivity contribution in [3.8, 4) is 0 Å². The SMILES string of the molecule is Cc1cnc(CNc2cccc(N)c2[N+](=O)[O-])s1. The standard InChI is InChI=1S/C11H12N4O2S/c1-7-5-14-10(18-7)6-13-9-4-2-3-8(12)11(9)15(16)17/h2-5,13H,6,12H2,1H3. The van der Waals surface area contributed by atoms with Crippen molar-refractivity contribution >= 4 is 28.4 Å². The number of benzene rings is 1. The number of nitrogens with one attached hydrogen (secondary N) is 1. The number of nitro benzene ring substituents is 1. The Kier molecular flexibility index (Phi) is 3.42. The molecule has 0 saturated carbocycles. The van der Waals surface area contributed by atoms with E-state index in [1.807, 2.05) is 6.92 Å². The van der Waals surface area contributed by atoms with Gasteiger partial charge in [-0.15, -0.1) is 11.3 Å². The van der Waals surface area contributed by atoms with Crippen LogP contribution in [0.15, 0.2) is 24.4 Å². The molecule has 94 valence electrons. The van der Waals surface area contributed by atoms with Crippen LogP contribution in [0.4, 0.5) is 17.1 Å². The Morgan fingerprint density at radius 3 is 2.94 bits per heavy atom. The van der Waals surface area contributed by atoms with Gasteiger partial charge in [-0.05, 0) is 19.1 Å². The number of nitrogens with two attached hydrogens (primary N) is 1. The molecule has 0 fully saturated rings. The lowest BCUT2D eigenvalue weighted by Crippen LogP contribution is -2.04. The normalized spacial score (nSPS) is 10.3. The molecule has 7 heteroatoms. The highest BCUT2D eigenvalue weighted by Gasteiger charge is 2.17. The molecule has 0 unspecified atom stereocenters. The van der Waals surface area contributed by atoms with Crippen molar-refractivity contribution in [1.29, 1.82) is 0 Å². The molecule has 1 aromatic heterocycles. The number of para-hydroxylation sites is 1. The summed E-state index contributed by atoms with van der Waals surface area (Å²) >= 11 is 1.55. The molecule has 3 N–H and O–H groups in total. The monoisotopic (exact) mass is 264 g/mol. The molecule has 18 heavy (non-hydrogen) atoms. The summed E-state index contributed by atoms with van der Waals surface area (Å²) in [7, 11) is 0. The van der Waals surface area contributed by atoms with Crippen molar-refractivity contribution in [2.75, 3.05) is 11.1 Å². The number of nitro groups is 1. The fraction of sp³-hybridized carbons (Fsp3) is 0.182. The Labute approximate surface area is 108 Å². The second-order valence-corrected chi connectivity index (χ2v) is 5.04. The zero-order chi connectivity index (χ0) is 13.1. The van der Waals surface area contributed by atoms with E-state index >= 15 is 0 Å². The number of anilines is 2. The molecule has 0 aliphatic carbocycles. The van der Waals surface area contributed by atoms with Gasteiger partial charge in [-0.1, -0.05) is 6.07 Å². The largest absolute Gasteiger partial charge is 0.393 e. The number of hydrogen-bond acceptors (Lipinski definition) is 6. The van der Waals surface area contributed by atoms with Gasteiger partial charge in [0, 0.05) is 11.1 Å². The molecular formula is C11H12N4O2S. The second kappa shape index (κ2) is 5.01. The number of aromatic nitrogens is 1. The van der Waals surface area contributed by atoms with Gasteiger partial charge in [0.2, 0.25) is 0 Å². The smallest absolute Gasteiger partial charge is 0.314 e. The van der Waals surface area contributed by atoms with Gasteiger partial charge < -0.3 is 11.1 Å². The molecule has 1 aromatic carbocycles. The van der Waals surface area contributed by atoms with Gasteiger partial charge in [0.15, 0.2) is 0 Å². The summed E-state index contributed by atoms with van der Waals surface area (Å²) in [5.41, 5.74) is 6.07. The minimum Gasteiger partial charge on any atom is -0.393 e. The van der Waals surface area contributed by atoms with Crippen LogP contribution in [0.2, 0.25) is 0 Å². The summed E-state index contributed by atoms with van der Waals surface area (Å²) in [6.45, 7) is 2.41. The highest BCUT2D eigenvalue weighted by Crippen LogP contribution is 2.30. The van der Waals surface area contributed by atoms with E-state index in [9.17, 15) is 10.1 Å². The molecule has 0 bridgehead atoms. The number of thiazole rings is 1. The predicted octanol–water partition coefficient (Wildman–Crippen LogP) is 2.55. The van der Waals surface area contributed by atoms with E-state index in [1.54, 1.807) is 29.7 Å². The number of nitrogens with zero attached hydrogens (tertiary/aromatic N) is 2. The summed E-state index contributed by atoms with van der Waals surface area (Å²) in [6.07, 6.45) is 1.77. The molecular weight excluding hydrogens is 252 g/mol. The van der Waals surface area contributed by atoms with Crippen LogP contribution in [0.25, 0.3) is 0 Å². The fourth-order valence-corrected chi connectivity index (χ4v) is 2.29. The fourth-order valence-electron chi connectivity index (χ4n) is 1.56. The molecule has 0 saturated heterocycles. The van der Waals surface area contributed by atoms with E-state index in [4.69, 9.17) is 5.73 Å². The Hall–Kier alpha value is -2.15. The van der Waals surface area contributed by atoms with Gasteiger partial charge in [-0.3, -0.25) is 10.1 Å². The molecule has 0 spiro atoms. The number of hydrogen-bond donors (Lipinski definition) is 2. The molecule has 0 amide bonds. The summed E-state index contributed by atoms with van der Waals surface area (Å²) in [6, 6.07) is 4.82. The van der Waals surface area contributed by atoms with Crippen LogP contribution in [0.3, 0.4) is 0 Å². The molecule has 0 aliphatic heterocycles. The zero-order valence-electron chi connectivity index (χ0n) is 9.71. The van der Waals surface area contributed by atoms with E-state index < -0.39 is 4.92 Å². The highest BCUT2D eigenvalue weighted by molar-refractivity contribution is 7.11. The van der Waals surface area contributed by atoms with Crippen LogP contribution in [-0.2, 0) is 6.54 Å². The number of rotatable bonds is 4. The van der Waals surface area contributed by atoms with Crippen molar-refractivity contribution in [1.82, 2.24) is 4.98 Å². The van der Waals surface area contributed by atoms with Crippen LogP contribution in [0.5, 0.6) is 0 Å². The van der Waals surface area contributed by atoms with Gasteiger partial charge in [-0.2, -0.15) is 0 Å². The molecule has 0 aliphatic rings. The first-order valence-electron chi connectivity index (χ1n) is 5.26. The predicted molar refractivity (Wildman–Crippen MR) is 71.7 cm³/mol. The third-order valence-electron chi connectivity index (χ3n) is 2.35. The van der Waals surface area contributed by atoms with Crippen molar-refractivity contribution in [3.05, 3.63) is 44.4 Å². The van der Waals surface area contributed by atoms with Crippen molar-refractivity contribution in [3.63, 3.8) is 0 Å². The number of nitrogen functional groups attached to an aromatic ring is 1. The third-order valence-corrected chi connectivity index (χ3v) is 3.26. The lowest BCUT2D eigenvalue weighted by Gasteiger charge is -2.06. The van der Waals surface area contributed by atoms with E-state index in [-0.39, 0.29) is 11.4 Å². The average molecular weight is 264 g/mol. The zero-order valence-corrected chi connectivity index (χ0v) is 10.5. The third kappa shape index (κ3) is 2.57. The Morgan fingerprint density at radius 1 is 1.56 bits per heavy atom. The summed E-state index contributed by atoms with van der Waals surface area (Å²) < 4.78 is 0. The average Bonchev–Trinajstić information content (AvgIpc) is 2.72. The topological polar surface area (TPSA) is 94.1 Å². The van der Waals surface area contributed by atoms with Crippen LogP contribution in [0.1, 0.15) is 9.88 Å². The minimum atomic E-state index is -0.481. The first-order chi connectivity index (χ1) is 8.58. The lowest BCUT2D eigenvalue weighted by atomic mass is 10.2. The van der Waals surface area contributed by atoms with Crippen molar-refractivity contribution < 1.29 is 4.92 Å². The van der Waals surface area contributed by atoms with E-state index in [2.05, 4.69) is 10.3 Å². The highest BCUT2D eigenvalue weighted by atomic mass is 32.1. The van der Waals surface area contributed by atoms with E-state index in [1.165, 1.54) is 6.07 Å². The second-order valence-electron chi connectivity index (χ2n) is 3.72. The van der Waals surface area contributed by atoms with Gasteiger partial charge in [-0.25, -0.2) is 4.98 Å². The first kappa shape index (κ1) is 12.3. The Morgan fingerprint density at radius 2 is 2.33 bits per heavy atom. The van der Waals surface area contributed by atoms with E-state index in [0.717, 1.165) is 9.88 Å². The van der Waals surface area contributed by atoms with Gasteiger partial charge >= 0.3 is 5.69 Å². The summed E-state index contributed by atoms with van der Waals surface area (Å²) in [5.74, 6) is 0. The quantitative estimate of drug-likeness (QED) is 0.502. The van der Waals surface area contributed by atoms with Crippen LogP contribution in [-0.4, -0.2) is 9.91 Å². The maximum Gasteiger partial charge on any atom is 0.314 e. The minimum absolute atomic E-state index is 0.0919. The Balaban J connectivity index is 2.19. The van der Waals surface area contributed by atoms with Crippen molar-refractivity contribution in [2.24, 2.45) is 0 Å². The van der Waals surface area contributed by atoms with E-state index in [0.29, 0.717) is 12.2 Å². The summed E-state index contributed by atoms with van der Waals surface area (Å²) in [4.78, 5) is 15.7. The van der Waals surface area contributed by atoms with Crippen LogP contribution in [0, 0.1) is 17.0 Å². The molecule has 0 radical (unpaired) electrons. The summed E-state index contributed by atoms with van der Waals surface area (Å²) in [5, 5.41) is 14.8. The van der Waals surface area contributed by atoms with Crippen LogP contribution >= 0.6 is 11.3 Å². The van der Waals surface area contributed by atoms with Gasteiger partial charge in [0.05, 0.1) is 11.5 Å². The molecule has 0 atom stereocenters. The molecule has 1 heterocycles. The van der Waals surface area contributed by atoms with Crippen LogP contribution < -0.4 is 11.1 Å². The molecule has 2 rings (SSSR count). The van der Waals surface area contributed by atoms with Gasteiger partial charge in [0.1, 0.15) is 16.4 Å². The van der Waals surface area contributed by atoms with Gasteiger partial charge in [0.25, 0.3) is 0 Å². The maximum absolute atomic E-state index is 10.9. The number of aryl methyl sites for hydroxylation is 1. The molecule has 6 nitrogen and oxygen atoms in total.